The number of nitrogens with one attached hydrogen (secondary N) is 1. The molecule has 0 aliphatic carbocycles. The highest BCUT2D eigenvalue weighted by molar-refractivity contribution is 7.91. The van der Waals surface area contributed by atoms with E-state index in [2.05, 4.69) is 5.32 Å². The third-order valence-corrected chi connectivity index (χ3v) is 5.72. The fourth-order valence-corrected chi connectivity index (χ4v) is 3.99. The largest absolute Gasteiger partial charge is 0.459 e. The first-order valence-corrected chi connectivity index (χ1v) is 9.71. The first-order valence-electron chi connectivity index (χ1n) is 7.89. The second kappa shape index (κ2) is 7.19. The van der Waals surface area contributed by atoms with E-state index in [1.54, 1.807) is 6.07 Å². The number of nitrogens with zero attached hydrogens (tertiary/aromatic N) is 1. The molecule has 1 N–H and O–H groups in total. The molecule has 0 radical (unpaired) electrons. The van der Waals surface area contributed by atoms with Crippen molar-refractivity contribution in [3.63, 3.8) is 0 Å². The van der Waals surface area contributed by atoms with Gasteiger partial charge in [-0.2, -0.15) is 0 Å². The van der Waals surface area contributed by atoms with Crippen molar-refractivity contribution >= 4 is 15.7 Å². The SMILES string of the molecule is O=C(NCCN1CCS(=O)(=O)CC1)c1occc1-c1ccccc1. The highest BCUT2D eigenvalue weighted by atomic mass is 32.2. The van der Waals surface area contributed by atoms with E-state index in [4.69, 9.17) is 4.42 Å². The molecule has 2 aromatic rings. The fourth-order valence-electron chi connectivity index (χ4n) is 2.71. The number of carbonyl (C=O) groups is 1. The van der Waals surface area contributed by atoms with Gasteiger partial charge in [0.2, 0.25) is 0 Å². The Bertz CT molecular complexity index is 785. The molecule has 1 saturated heterocycles. The van der Waals surface area contributed by atoms with Crippen LogP contribution in [-0.4, -0.2) is 56.9 Å². The van der Waals surface area contributed by atoms with E-state index in [0.29, 0.717) is 31.9 Å². The minimum atomic E-state index is -2.87. The maximum absolute atomic E-state index is 12.3. The van der Waals surface area contributed by atoms with Crippen molar-refractivity contribution in [2.75, 3.05) is 37.7 Å². The molecule has 0 bridgehead atoms. The van der Waals surface area contributed by atoms with Gasteiger partial charge in [-0.3, -0.25) is 9.69 Å². The van der Waals surface area contributed by atoms with E-state index in [-0.39, 0.29) is 17.4 Å². The van der Waals surface area contributed by atoms with Crippen LogP contribution < -0.4 is 5.32 Å². The molecule has 0 unspecified atom stereocenters. The molecular weight excluding hydrogens is 328 g/mol. The molecule has 1 fully saturated rings. The van der Waals surface area contributed by atoms with Crippen molar-refractivity contribution < 1.29 is 17.6 Å². The third-order valence-electron chi connectivity index (χ3n) is 4.11. The summed E-state index contributed by atoms with van der Waals surface area (Å²) in [4.78, 5) is 14.4. The zero-order valence-corrected chi connectivity index (χ0v) is 14.1. The fraction of sp³-hybridized carbons (Fsp3) is 0.353. The Kier molecular flexibility index (Phi) is 5.01. The lowest BCUT2D eigenvalue weighted by Gasteiger charge is -2.26. The van der Waals surface area contributed by atoms with Crippen LogP contribution in [0.3, 0.4) is 0 Å². The predicted octanol–water partition coefficient (Wildman–Crippen LogP) is 1.41. The van der Waals surface area contributed by atoms with Gasteiger partial charge in [0.25, 0.3) is 5.91 Å². The van der Waals surface area contributed by atoms with Crippen LogP contribution in [0.4, 0.5) is 0 Å². The standard InChI is InChI=1S/C17H20N2O4S/c20-17(18-7-8-19-9-12-24(21,22)13-10-19)16-15(6-11-23-16)14-4-2-1-3-5-14/h1-6,11H,7-10,12-13H2,(H,18,20). The summed E-state index contributed by atoms with van der Waals surface area (Å²) in [5.41, 5.74) is 1.69. The monoisotopic (exact) mass is 348 g/mol. The molecule has 0 saturated carbocycles. The van der Waals surface area contributed by atoms with Gasteiger partial charge in [-0.25, -0.2) is 8.42 Å². The molecule has 2 heterocycles. The average Bonchev–Trinajstić information content (AvgIpc) is 3.07. The van der Waals surface area contributed by atoms with Crippen molar-refractivity contribution in [2.45, 2.75) is 0 Å². The van der Waals surface area contributed by atoms with Gasteiger partial charge in [-0.05, 0) is 11.6 Å². The number of sulfone groups is 1. The molecule has 1 aliphatic heterocycles. The van der Waals surface area contributed by atoms with Crippen molar-refractivity contribution in [3.05, 3.63) is 48.4 Å². The van der Waals surface area contributed by atoms with Gasteiger partial charge in [0.1, 0.15) is 0 Å². The van der Waals surface area contributed by atoms with E-state index >= 15 is 0 Å². The zero-order chi connectivity index (χ0) is 17.0. The van der Waals surface area contributed by atoms with Gasteiger partial charge < -0.3 is 9.73 Å². The normalized spacial score (nSPS) is 17.5. The predicted molar refractivity (Wildman–Crippen MR) is 91.6 cm³/mol. The van der Waals surface area contributed by atoms with Crippen LogP contribution in [0.5, 0.6) is 0 Å². The molecule has 1 aliphatic rings. The Hall–Kier alpha value is -2.12. The number of furan rings is 1. The van der Waals surface area contributed by atoms with Crippen LogP contribution in [0.1, 0.15) is 10.6 Å². The second-order valence-electron chi connectivity index (χ2n) is 5.78. The minimum Gasteiger partial charge on any atom is -0.459 e. The van der Waals surface area contributed by atoms with Gasteiger partial charge >= 0.3 is 0 Å². The maximum atomic E-state index is 12.3. The van der Waals surface area contributed by atoms with E-state index < -0.39 is 9.84 Å². The van der Waals surface area contributed by atoms with Crippen LogP contribution in [-0.2, 0) is 9.84 Å². The number of rotatable bonds is 5. The van der Waals surface area contributed by atoms with Gasteiger partial charge in [-0.1, -0.05) is 30.3 Å². The van der Waals surface area contributed by atoms with Gasteiger partial charge in [0.15, 0.2) is 15.6 Å². The molecule has 1 aromatic heterocycles. The molecule has 0 spiro atoms. The van der Waals surface area contributed by atoms with Crippen LogP contribution >= 0.6 is 0 Å². The molecule has 128 valence electrons. The van der Waals surface area contributed by atoms with E-state index in [9.17, 15) is 13.2 Å². The molecular formula is C17H20N2O4S. The van der Waals surface area contributed by atoms with Crippen LogP contribution in [0.25, 0.3) is 11.1 Å². The summed E-state index contributed by atoms with van der Waals surface area (Å²) in [5, 5.41) is 2.84. The lowest BCUT2D eigenvalue weighted by atomic mass is 10.1. The van der Waals surface area contributed by atoms with Crippen molar-refractivity contribution in [1.29, 1.82) is 0 Å². The van der Waals surface area contributed by atoms with Gasteiger partial charge in [0.05, 0.1) is 17.8 Å². The Morgan fingerprint density at radius 3 is 2.54 bits per heavy atom. The minimum absolute atomic E-state index is 0.192. The van der Waals surface area contributed by atoms with Crippen molar-refractivity contribution in [2.24, 2.45) is 0 Å². The summed E-state index contributed by atoms with van der Waals surface area (Å²) in [6.45, 7) is 2.12. The summed E-state index contributed by atoms with van der Waals surface area (Å²) in [5.74, 6) is 0.417. The third kappa shape index (κ3) is 4.04. The first kappa shape index (κ1) is 16.7. The van der Waals surface area contributed by atoms with Gasteiger partial charge in [0, 0.05) is 31.7 Å². The van der Waals surface area contributed by atoms with Crippen molar-refractivity contribution in [3.8, 4) is 11.1 Å². The lowest BCUT2D eigenvalue weighted by Crippen LogP contribution is -2.43. The maximum Gasteiger partial charge on any atom is 0.287 e. The summed E-state index contributed by atoms with van der Waals surface area (Å²) < 4.78 is 28.1. The summed E-state index contributed by atoms with van der Waals surface area (Å²) in [6, 6.07) is 11.4. The van der Waals surface area contributed by atoms with Crippen LogP contribution in [0.15, 0.2) is 47.1 Å². The highest BCUT2D eigenvalue weighted by Crippen LogP contribution is 2.24. The Morgan fingerprint density at radius 1 is 1.12 bits per heavy atom. The topological polar surface area (TPSA) is 79.6 Å². The number of benzene rings is 1. The summed E-state index contributed by atoms with van der Waals surface area (Å²) >= 11 is 0. The highest BCUT2D eigenvalue weighted by Gasteiger charge is 2.21. The molecule has 7 heteroatoms. The van der Waals surface area contributed by atoms with Gasteiger partial charge in [-0.15, -0.1) is 0 Å². The quantitative estimate of drug-likeness (QED) is 0.884. The summed E-state index contributed by atoms with van der Waals surface area (Å²) in [7, 11) is -2.87. The smallest absolute Gasteiger partial charge is 0.287 e. The van der Waals surface area contributed by atoms with Crippen molar-refractivity contribution in [1.82, 2.24) is 10.2 Å². The number of carbonyl (C=O) groups excluding carboxylic acids is 1. The van der Waals surface area contributed by atoms with Crippen LogP contribution in [0.2, 0.25) is 0 Å². The van der Waals surface area contributed by atoms with E-state index in [0.717, 1.165) is 11.1 Å². The van der Waals surface area contributed by atoms with Crippen LogP contribution in [0, 0.1) is 0 Å². The zero-order valence-electron chi connectivity index (χ0n) is 13.3. The van der Waals surface area contributed by atoms with E-state index in [1.807, 2.05) is 35.2 Å². The number of hydrogen-bond acceptors (Lipinski definition) is 5. The summed E-state index contributed by atoms with van der Waals surface area (Å²) in [6.07, 6.45) is 1.51. The number of amides is 1. The lowest BCUT2D eigenvalue weighted by molar-refractivity contribution is 0.0922. The Balaban J connectivity index is 1.54. The number of hydrogen-bond donors (Lipinski definition) is 1. The Labute approximate surface area is 141 Å². The first-order chi connectivity index (χ1) is 11.6. The van der Waals surface area contributed by atoms with E-state index in [1.165, 1.54) is 6.26 Å². The Morgan fingerprint density at radius 2 is 1.83 bits per heavy atom. The average molecular weight is 348 g/mol. The molecule has 24 heavy (non-hydrogen) atoms. The second-order valence-corrected chi connectivity index (χ2v) is 8.08. The molecule has 6 nitrogen and oxygen atoms in total. The molecule has 1 amide bonds. The molecule has 1 aromatic carbocycles. The molecule has 3 rings (SSSR count). The molecule has 0 atom stereocenters.